The monoisotopic (exact) mass is 238 g/mol. The molecule has 2 heterocycles. The first kappa shape index (κ1) is 11.0. The summed E-state index contributed by atoms with van der Waals surface area (Å²) < 4.78 is 25.9. The summed E-state index contributed by atoms with van der Waals surface area (Å²) in [7, 11) is 0. The largest absolute Gasteiger partial charge is 0.381 e. The van der Waals surface area contributed by atoms with E-state index in [9.17, 15) is 8.78 Å². The van der Waals surface area contributed by atoms with E-state index in [2.05, 4.69) is 10.2 Å². The number of anilines is 1. The van der Waals surface area contributed by atoms with Gasteiger partial charge < -0.3 is 5.32 Å². The van der Waals surface area contributed by atoms with E-state index in [1.54, 1.807) is 6.07 Å². The molecule has 4 heteroatoms. The molecule has 2 atom stereocenters. The van der Waals surface area contributed by atoms with Gasteiger partial charge in [-0.3, -0.25) is 4.90 Å². The number of benzene rings is 1. The average Bonchev–Trinajstić information content (AvgIpc) is 2.88. The van der Waals surface area contributed by atoms with Crippen LogP contribution in [0.3, 0.4) is 0 Å². The van der Waals surface area contributed by atoms with E-state index in [1.165, 1.54) is 31.5 Å². The molecule has 2 saturated heterocycles. The first-order valence-electron chi connectivity index (χ1n) is 6.20. The number of nitrogens with one attached hydrogen (secondary N) is 1. The van der Waals surface area contributed by atoms with Crippen LogP contribution in [0.1, 0.15) is 19.3 Å². The van der Waals surface area contributed by atoms with Gasteiger partial charge >= 0.3 is 0 Å². The molecule has 1 aromatic carbocycles. The van der Waals surface area contributed by atoms with Crippen LogP contribution in [0.25, 0.3) is 0 Å². The third kappa shape index (κ3) is 2.02. The zero-order chi connectivity index (χ0) is 11.8. The lowest BCUT2D eigenvalue weighted by Gasteiger charge is -2.22. The maximum Gasteiger partial charge on any atom is 0.160 e. The highest BCUT2D eigenvalue weighted by Gasteiger charge is 2.36. The molecule has 1 N–H and O–H groups in total. The van der Waals surface area contributed by atoms with Crippen molar-refractivity contribution < 1.29 is 8.78 Å². The van der Waals surface area contributed by atoms with E-state index in [0.717, 1.165) is 13.0 Å². The second-order valence-electron chi connectivity index (χ2n) is 4.91. The maximum atomic E-state index is 13.1. The quantitative estimate of drug-likeness (QED) is 0.852. The predicted octanol–water partition coefficient (Wildman–Crippen LogP) is 2.61. The molecule has 0 radical (unpaired) electrons. The summed E-state index contributed by atoms with van der Waals surface area (Å²) in [6, 6.07) is 4.98. The topological polar surface area (TPSA) is 15.3 Å². The molecule has 2 aliphatic rings. The highest BCUT2D eigenvalue weighted by atomic mass is 19.2. The van der Waals surface area contributed by atoms with Crippen molar-refractivity contribution in [3.8, 4) is 0 Å². The molecule has 0 aromatic heterocycles. The number of rotatable bonds is 2. The normalized spacial score (nSPS) is 28.4. The van der Waals surface area contributed by atoms with Crippen LogP contribution < -0.4 is 5.32 Å². The molecular weight excluding hydrogens is 222 g/mol. The van der Waals surface area contributed by atoms with Crippen LogP contribution in [0.4, 0.5) is 14.5 Å². The van der Waals surface area contributed by atoms with Crippen LogP contribution in [0.15, 0.2) is 18.2 Å². The van der Waals surface area contributed by atoms with Crippen molar-refractivity contribution in [2.45, 2.75) is 31.3 Å². The van der Waals surface area contributed by atoms with Crippen molar-refractivity contribution in [2.75, 3.05) is 18.4 Å². The van der Waals surface area contributed by atoms with Crippen molar-refractivity contribution in [1.82, 2.24) is 4.90 Å². The smallest absolute Gasteiger partial charge is 0.160 e. The fourth-order valence-corrected chi connectivity index (χ4v) is 3.05. The van der Waals surface area contributed by atoms with Gasteiger partial charge in [0.25, 0.3) is 0 Å². The number of halogens is 2. The highest BCUT2D eigenvalue weighted by molar-refractivity contribution is 5.45. The molecule has 2 aliphatic heterocycles. The van der Waals surface area contributed by atoms with E-state index < -0.39 is 11.6 Å². The lowest BCUT2D eigenvalue weighted by Crippen LogP contribution is -2.33. The van der Waals surface area contributed by atoms with Crippen LogP contribution in [0, 0.1) is 11.6 Å². The van der Waals surface area contributed by atoms with Crippen molar-refractivity contribution in [1.29, 1.82) is 0 Å². The van der Waals surface area contributed by atoms with Gasteiger partial charge in [-0.25, -0.2) is 8.78 Å². The summed E-state index contributed by atoms with van der Waals surface area (Å²) in [6.07, 6.45) is 3.55. The highest BCUT2D eigenvalue weighted by Crippen LogP contribution is 2.30. The SMILES string of the molecule is Fc1ccc(NC2CCN3CCCC23)cc1F. The minimum absolute atomic E-state index is 0.377. The van der Waals surface area contributed by atoms with Gasteiger partial charge in [-0.2, -0.15) is 0 Å². The second kappa shape index (κ2) is 4.26. The Labute approximate surface area is 99.6 Å². The Kier molecular flexibility index (Phi) is 2.74. The number of nitrogens with zero attached hydrogens (tertiary/aromatic N) is 1. The van der Waals surface area contributed by atoms with Crippen molar-refractivity contribution >= 4 is 5.69 Å². The van der Waals surface area contributed by atoms with E-state index in [1.807, 2.05) is 0 Å². The van der Waals surface area contributed by atoms with Gasteiger partial charge in [0.05, 0.1) is 0 Å². The molecule has 2 nitrogen and oxygen atoms in total. The van der Waals surface area contributed by atoms with E-state index in [-0.39, 0.29) is 0 Å². The minimum atomic E-state index is -0.788. The van der Waals surface area contributed by atoms with Gasteiger partial charge in [-0.15, -0.1) is 0 Å². The zero-order valence-corrected chi connectivity index (χ0v) is 9.63. The Morgan fingerprint density at radius 1 is 1.12 bits per heavy atom. The Morgan fingerprint density at radius 3 is 2.82 bits per heavy atom. The third-order valence-electron chi connectivity index (χ3n) is 3.88. The minimum Gasteiger partial charge on any atom is -0.381 e. The summed E-state index contributed by atoms with van der Waals surface area (Å²) >= 11 is 0. The van der Waals surface area contributed by atoms with Crippen molar-refractivity contribution in [3.05, 3.63) is 29.8 Å². The van der Waals surface area contributed by atoms with Gasteiger partial charge in [0.2, 0.25) is 0 Å². The predicted molar refractivity (Wildman–Crippen MR) is 63.0 cm³/mol. The van der Waals surface area contributed by atoms with Crippen LogP contribution in [0.5, 0.6) is 0 Å². The first-order chi connectivity index (χ1) is 8.24. The summed E-state index contributed by atoms with van der Waals surface area (Å²) in [5.74, 6) is -1.57. The van der Waals surface area contributed by atoms with Gasteiger partial charge in [0.15, 0.2) is 11.6 Å². The van der Waals surface area contributed by atoms with Gasteiger partial charge in [0, 0.05) is 30.4 Å². The molecule has 1 aromatic rings. The van der Waals surface area contributed by atoms with Gasteiger partial charge in [-0.05, 0) is 37.9 Å². The lowest BCUT2D eigenvalue weighted by molar-refractivity contribution is 0.318. The fraction of sp³-hybridized carbons (Fsp3) is 0.538. The van der Waals surface area contributed by atoms with Crippen LogP contribution in [-0.2, 0) is 0 Å². The molecule has 0 amide bonds. The van der Waals surface area contributed by atoms with E-state index in [0.29, 0.717) is 17.8 Å². The van der Waals surface area contributed by atoms with Crippen LogP contribution in [-0.4, -0.2) is 30.1 Å². The van der Waals surface area contributed by atoms with Gasteiger partial charge in [-0.1, -0.05) is 0 Å². The molecule has 17 heavy (non-hydrogen) atoms. The molecular formula is C13H16F2N2. The number of hydrogen-bond acceptors (Lipinski definition) is 2. The molecule has 0 bridgehead atoms. The molecule has 92 valence electrons. The maximum absolute atomic E-state index is 13.1. The molecule has 0 saturated carbocycles. The third-order valence-corrected chi connectivity index (χ3v) is 3.88. The summed E-state index contributed by atoms with van der Waals surface area (Å²) in [5.41, 5.74) is 0.683. The van der Waals surface area contributed by atoms with Crippen LogP contribution in [0.2, 0.25) is 0 Å². The standard InChI is InChI=1S/C13H16F2N2/c14-10-4-3-9(8-11(10)15)16-12-5-7-17-6-1-2-13(12)17/h3-4,8,12-13,16H,1-2,5-7H2. The van der Waals surface area contributed by atoms with Gasteiger partial charge in [0.1, 0.15) is 0 Å². The molecule has 2 unspecified atom stereocenters. The molecule has 0 aliphatic carbocycles. The lowest BCUT2D eigenvalue weighted by atomic mass is 10.1. The van der Waals surface area contributed by atoms with Crippen molar-refractivity contribution in [2.24, 2.45) is 0 Å². The van der Waals surface area contributed by atoms with Crippen LogP contribution >= 0.6 is 0 Å². The summed E-state index contributed by atoms with van der Waals surface area (Å²) in [6.45, 7) is 2.30. The van der Waals surface area contributed by atoms with Crippen molar-refractivity contribution in [3.63, 3.8) is 0 Å². The number of hydrogen-bond donors (Lipinski definition) is 1. The Balaban J connectivity index is 1.72. The Morgan fingerprint density at radius 2 is 2.00 bits per heavy atom. The zero-order valence-electron chi connectivity index (χ0n) is 9.63. The summed E-state index contributed by atoms with van der Waals surface area (Å²) in [5, 5.41) is 3.33. The Bertz CT molecular complexity index is 422. The molecule has 2 fully saturated rings. The Hall–Kier alpha value is -1.16. The van der Waals surface area contributed by atoms with E-state index >= 15 is 0 Å². The first-order valence-corrected chi connectivity index (χ1v) is 6.20. The second-order valence-corrected chi connectivity index (χ2v) is 4.91. The number of fused-ring (bicyclic) bond motifs is 1. The molecule has 0 spiro atoms. The van der Waals surface area contributed by atoms with E-state index in [4.69, 9.17) is 0 Å². The molecule has 3 rings (SSSR count). The fourth-order valence-electron chi connectivity index (χ4n) is 3.05. The average molecular weight is 238 g/mol. The summed E-state index contributed by atoms with van der Waals surface area (Å²) in [4.78, 5) is 2.48.